The van der Waals surface area contributed by atoms with Gasteiger partial charge in [-0.3, -0.25) is 19.1 Å². The van der Waals surface area contributed by atoms with Gasteiger partial charge in [-0.1, -0.05) is 28.1 Å². The molecule has 8 heteroatoms. The SMILES string of the molecule is O=C(CCn1ncc(=O)c2ccccc21)NCCC(=O)Nc1ccc(Br)cc1. The van der Waals surface area contributed by atoms with Gasteiger partial charge in [-0.05, 0) is 36.4 Å². The van der Waals surface area contributed by atoms with Gasteiger partial charge >= 0.3 is 0 Å². The Labute approximate surface area is 169 Å². The quantitative estimate of drug-likeness (QED) is 0.588. The van der Waals surface area contributed by atoms with Crippen molar-refractivity contribution in [2.24, 2.45) is 0 Å². The first kappa shape index (κ1) is 19.8. The second-order valence-corrected chi connectivity index (χ2v) is 7.07. The minimum Gasteiger partial charge on any atom is -0.356 e. The molecule has 0 radical (unpaired) electrons. The Balaban J connectivity index is 1.45. The summed E-state index contributed by atoms with van der Waals surface area (Å²) in [5.41, 5.74) is 1.25. The molecule has 0 saturated carbocycles. The number of aryl methyl sites for hydroxylation is 1. The standard InChI is InChI=1S/C20H19BrN4O3/c21-14-5-7-15(8-6-14)24-20(28)9-11-22-19(27)10-12-25-17-4-2-1-3-16(17)18(26)13-23-25/h1-8,13H,9-12H2,(H,22,27)(H,24,28). The van der Waals surface area contributed by atoms with E-state index in [4.69, 9.17) is 0 Å². The molecule has 1 heterocycles. The molecule has 0 unspecified atom stereocenters. The predicted octanol–water partition coefficient (Wildman–Crippen LogP) is 2.69. The fraction of sp³-hybridized carbons (Fsp3) is 0.200. The summed E-state index contributed by atoms with van der Waals surface area (Å²) in [6.45, 7) is 0.594. The molecule has 0 saturated heterocycles. The summed E-state index contributed by atoms with van der Waals surface area (Å²) < 4.78 is 2.57. The summed E-state index contributed by atoms with van der Waals surface area (Å²) in [7, 11) is 0. The molecule has 0 atom stereocenters. The van der Waals surface area contributed by atoms with E-state index in [0.717, 1.165) is 4.47 Å². The first-order valence-corrected chi connectivity index (χ1v) is 9.59. The smallest absolute Gasteiger partial charge is 0.226 e. The lowest BCUT2D eigenvalue weighted by atomic mass is 10.2. The van der Waals surface area contributed by atoms with Crippen LogP contribution in [0.25, 0.3) is 10.9 Å². The molecule has 0 fully saturated rings. The zero-order chi connectivity index (χ0) is 19.9. The summed E-state index contributed by atoms with van der Waals surface area (Å²) >= 11 is 3.34. The van der Waals surface area contributed by atoms with Crippen molar-refractivity contribution >= 4 is 44.3 Å². The number of hydrogen-bond donors (Lipinski definition) is 2. The summed E-state index contributed by atoms with van der Waals surface area (Å²) in [5, 5.41) is 10.2. The van der Waals surface area contributed by atoms with E-state index >= 15 is 0 Å². The third-order valence-corrected chi connectivity index (χ3v) is 4.64. The Morgan fingerprint density at radius 3 is 2.54 bits per heavy atom. The molecule has 144 valence electrons. The molecule has 1 aromatic heterocycles. The zero-order valence-corrected chi connectivity index (χ0v) is 16.6. The lowest BCUT2D eigenvalue weighted by Gasteiger charge is -2.10. The van der Waals surface area contributed by atoms with Crippen LogP contribution in [0.15, 0.2) is 64.0 Å². The Morgan fingerprint density at radius 2 is 1.75 bits per heavy atom. The van der Waals surface area contributed by atoms with Crippen LogP contribution in [0.4, 0.5) is 5.69 Å². The lowest BCUT2D eigenvalue weighted by Crippen LogP contribution is -2.28. The fourth-order valence-electron chi connectivity index (χ4n) is 2.71. The number of hydrogen-bond acceptors (Lipinski definition) is 4. The number of para-hydroxylation sites is 1. The van der Waals surface area contributed by atoms with Gasteiger partial charge in [0.05, 0.1) is 18.3 Å². The van der Waals surface area contributed by atoms with Crippen molar-refractivity contribution < 1.29 is 9.59 Å². The number of nitrogens with one attached hydrogen (secondary N) is 2. The highest BCUT2D eigenvalue weighted by Crippen LogP contribution is 2.14. The van der Waals surface area contributed by atoms with Gasteiger partial charge in [-0.2, -0.15) is 5.10 Å². The zero-order valence-electron chi connectivity index (χ0n) is 15.0. The first-order valence-electron chi connectivity index (χ1n) is 8.80. The molecule has 0 spiro atoms. The normalized spacial score (nSPS) is 10.6. The molecule has 0 aliphatic heterocycles. The van der Waals surface area contributed by atoms with Crippen LogP contribution >= 0.6 is 15.9 Å². The maximum Gasteiger partial charge on any atom is 0.226 e. The van der Waals surface area contributed by atoms with Crippen LogP contribution in [0.3, 0.4) is 0 Å². The summed E-state index contributed by atoms with van der Waals surface area (Å²) in [6, 6.07) is 14.4. The molecule has 2 N–H and O–H groups in total. The third-order valence-electron chi connectivity index (χ3n) is 4.11. The van der Waals surface area contributed by atoms with Gasteiger partial charge in [0.2, 0.25) is 17.2 Å². The number of carbonyl (C=O) groups is 2. The van der Waals surface area contributed by atoms with E-state index < -0.39 is 0 Å². The average Bonchev–Trinajstić information content (AvgIpc) is 2.69. The van der Waals surface area contributed by atoms with E-state index in [9.17, 15) is 14.4 Å². The molecule has 0 aliphatic rings. The van der Waals surface area contributed by atoms with Crippen molar-refractivity contribution in [1.82, 2.24) is 15.1 Å². The molecule has 2 amide bonds. The van der Waals surface area contributed by atoms with Crippen molar-refractivity contribution in [1.29, 1.82) is 0 Å². The molecule has 2 aromatic carbocycles. The highest BCUT2D eigenvalue weighted by atomic mass is 79.9. The molecule has 0 aliphatic carbocycles. The number of carbonyl (C=O) groups excluding carboxylic acids is 2. The Hall–Kier alpha value is -3.00. The second-order valence-electron chi connectivity index (χ2n) is 6.15. The van der Waals surface area contributed by atoms with Crippen molar-refractivity contribution in [3.8, 4) is 0 Å². The first-order chi connectivity index (χ1) is 13.5. The van der Waals surface area contributed by atoms with E-state index in [0.29, 0.717) is 23.1 Å². The van der Waals surface area contributed by atoms with E-state index in [1.165, 1.54) is 6.20 Å². The maximum atomic E-state index is 12.0. The highest BCUT2D eigenvalue weighted by molar-refractivity contribution is 9.10. The minimum absolute atomic E-state index is 0.145. The number of rotatable bonds is 7. The molecule has 28 heavy (non-hydrogen) atoms. The number of anilines is 1. The molecule has 7 nitrogen and oxygen atoms in total. The molecule has 3 rings (SSSR count). The van der Waals surface area contributed by atoms with Gasteiger partial charge in [0.25, 0.3) is 0 Å². The highest BCUT2D eigenvalue weighted by Gasteiger charge is 2.08. The van der Waals surface area contributed by atoms with Gasteiger partial charge in [0.15, 0.2) is 0 Å². The fourth-order valence-corrected chi connectivity index (χ4v) is 2.97. The second kappa shape index (κ2) is 9.27. The third kappa shape index (κ3) is 5.26. The topological polar surface area (TPSA) is 93.1 Å². The van der Waals surface area contributed by atoms with Crippen molar-refractivity contribution in [3.05, 3.63) is 69.4 Å². The number of fused-ring (bicyclic) bond motifs is 1. The summed E-state index contributed by atoms with van der Waals surface area (Å²) in [6.07, 6.45) is 1.64. The molecular weight excluding hydrogens is 424 g/mol. The van der Waals surface area contributed by atoms with Gasteiger partial charge in [-0.25, -0.2) is 0 Å². The number of amides is 2. The van der Waals surface area contributed by atoms with Gasteiger partial charge in [0.1, 0.15) is 0 Å². The summed E-state index contributed by atoms with van der Waals surface area (Å²) in [5.74, 6) is -0.350. The molecule has 0 bridgehead atoms. The summed E-state index contributed by atoms with van der Waals surface area (Å²) in [4.78, 5) is 35.8. The van der Waals surface area contributed by atoms with E-state index in [1.807, 2.05) is 18.2 Å². The Bertz CT molecular complexity index is 1050. The van der Waals surface area contributed by atoms with Gasteiger partial charge in [-0.15, -0.1) is 0 Å². The van der Waals surface area contributed by atoms with Crippen LogP contribution in [-0.4, -0.2) is 28.1 Å². The van der Waals surface area contributed by atoms with E-state index in [2.05, 4.69) is 31.7 Å². The molecular formula is C20H19BrN4O3. The van der Waals surface area contributed by atoms with E-state index in [1.54, 1.807) is 35.0 Å². The molecule has 3 aromatic rings. The van der Waals surface area contributed by atoms with Crippen molar-refractivity contribution in [2.75, 3.05) is 11.9 Å². The van der Waals surface area contributed by atoms with Crippen LogP contribution in [0.2, 0.25) is 0 Å². The van der Waals surface area contributed by atoms with Crippen LogP contribution in [0.1, 0.15) is 12.8 Å². The van der Waals surface area contributed by atoms with Crippen LogP contribution in [0, 0.1) is 0 Å². The Morgan fingerprint density at radius 1 is 1.00 bits per heavy atom. The number of benzene rings is 2. The lowest BCUT2D eigenvalue weighted by molar-refractivity contribution is -0.121. The van der Waals surface area contributed by atoms with E-state index in [-0.39, 0.29) is 36.6 Å². The van der Waals surface area contributed by atoms with Crippen molar-refractivity contribution in [2.45, 2.75) is 19.4 Å². The van der Waals surface area contributed by atoms with Crippen LogP contribution in [0.5, 0.6) is 0 Å². The maximum absolute atomic E-state index is 12.0. The number of halogens is 1. The largest absolute Gasteiger partial charge is 0.356 e. The van der Waals surface area contributed by atoms with Gasteiger partial charge < -0.3 is 10.6 Å². The Kier molecular flexibility index (Phi) is 6.54. The number of nitrogens with zero attached hydrogens (tertiary/aromatic N) is 2. The number of aromatic nitrogens is 2. The van der Waals surface area contributed by atoms with Crippen LogP contribution < -0.4 is 16.1 Å². The monoisotopic (exact) mass is 442 g/mol. The van der Waals surface area contributed by atoms with Crippen LogP contribution in [-0.2, 0) is 16.1 Å². The minimum atomic E-state index is -0.180. The van der Waals surface area contributed by atoms with Gasteiger partial charge in [0, 0.05) is 34.9 Å². The predicted molar refractivity (Wildman–Crippen MR) is 111 cm³/mol. The average molecular weight is 443 g/mol. The van der Waals surface area contributed by atoms with Crippen molar-refractivity contribution in [3.63, 3.8) is 0 Å².